The molecule has 5 nitrogen and oxygen atoms in total. The molecule has 1 aromatic carbocycles. The summed E-state index contributed by atoms with van der Waals surface area (Å²) in [5, 5.41) is 0. The Balaban J connectivity index is 0.00000625. The molecule has 0 fully saturated rings. The molecule has 150 valence electrons. The van der Waals surface area contributed by atoms with Crippen LogP contribution in [0.4, 0.5) is 0 Å². The van der Waals surface area contributed by atoms with Gasteiger partial charge >= 0.3 is 5.97 Å². The minimum atomic E-state index is -0.248. The molecule has 0 aliphatic carbocycles. The van der Waals surface area contributed by atoms with Crippen molar-refractivity contribution in [3.63, 3.8) is 0 Å². The first kappa shape index (κ1) is 24.9. The number of carbonyl (C=O) groups excluding carboxylic acids is 1. The number of nitrogens with zero attached hydrogens (tertiary/aromatic N) is 1. The van der Waals surface area contributed by atoms with E-state index in [0.717, 1.165) is 16.9 Å². The average molecular weight is 388 g/mol. The second-order valence-corrected chi connectivity index (χ2v) is 6.81. The number of hydrogen-bond acceptors (Lipinski definition) is 5. The normalized spacial score (nSPS) is 11.1. The lowest BCUT2D eigenvalue weighted by Crippen LogP contribution is -2.37. The van der Waals surface area contributed by atoms with Crippen LogP contribution in [-0.4, -0.2) is 57.9 Å². The van der Waals surface area contributed by atoms with Gasteiger partial charge in [0.1, 0.15) is 5.75 Å². The fourth-order valence-electron chi connectivity index (χ4n) is 2.64. The van der Waals surface area contributed by atoms with Crippen LogP contribution in [0.1, 0.15) is 50.7 Å². The van der Waals surface area contributed by atoms with Crippen LogP contribution in [0.5, 0.6) is 5.75 Å². The van der Waals surface area contributed by atoms with Gasteiger partial charge in [-0.3, -0.25) is 9.69 Å². The molecule has 0 amide bonds. The highest BCUT2D eigenvalue weighted by molar-refractivity contribution is 5.85. The third kappa shape index (κ3) is 8.04. The van der Waals surface area contributed by atoms with Gasteiger partial charge in [0.15, 0.2) is 0 Å². The van der Waals surface area contributed by atoms with E-state index in [2.05, 4.69) is 27.7 Å². The molecule has 0 bridgehead atoms. The molecule has 0 aliphatic heterocycles. The first-order valence-corrected chi connectivity index (χ1v) is 8.94. The highest BCUT2D eigenvalue weighted by atomic mass is 35.5. The molecule has 0 saturated carbocycles. The van der Waals surface area contributed by atoms with Gasteiger partial charge < -0.3 is 14.2 Å². The van der Waals surface area contributed by atoms with Crippen molar-refractivity contribution < 1.29 is 19.0 Å². The van der Waals surface area contributed by atoms with E-state index >= 15 is 0 Å². The van der Waals surface area contributed by atoms with Crippen molar-refractivity contribution in [3.05, 3.63) is 29.3 Å². The molecule has 0 radical (unpaired) electrons. The van der Waals surface area contributed by atoms with Crippen LogP contribution in [0, 0.1) is 0 Å². The lowest BCUT2D eigenvalue weighted by Gasteiger charge is -2.22. The van der Waals surface area contributed by atoms with Crippen molar-refractivity contribution >= 4 is 18.4 Å². The second kappa shape index (κ2) is 13.1. The van der Waals surface area contributed by atoms with Crippen LogP contribution in [0.2, 0.25) is 0 Å². The van der Waals surface area contributed by atoms with Crippen LogP contribution in [-0.2, 0) is 14.3 Å². The van der Waals surface area contributed by atoms with Gasteiger partial charge in [-0.25, -0.2) is 0 Å². The van der Waals surface area contributed by atoms with Crippen molar-refractivity contribution in [1.82, 2.24) is 4.90 Å². The summed E-state index contributed by atoms with van der Waals surface area (Å²) in [6.45, 7) is 11.1. The summed E-state index contributed by atoms with van der Waals surface area (Å²) < 4.78 is 16.1. The van der Waals surface area contributed by atoms with Crippen LogP contribution in [0.25, 0.3) is 0 Å². The number of para-hydroxylation sites is 1. The molecule has 26 heavy (non-hydrogen) atoms. The van der Waals surface area contributed by atoms with E-state index in [0.29, 0.717) is 38.1 Å². The Morgan fingerprint density at radius 3 is 1.81 bits per heavy atom. The monoisotopic (exact) mass is 387 g/mol. The predicted molar refractivity (Wildman–Crippen MR) is 108 cm³/mol. The van der Waals surface area contributed by atoms with Gasteiger partial charge in [0.2, 0.25) is 0 Å². The third-order valence-electron chi connectivity index (χ3n) is 4.11. The molecule has 0 atom stereocenters. The molecule has 0 saturated heterocycles. The third-order valence-corrected chi connectivity index (χ3v) is 4.11. The number of ether oxygens (including phenoxy) is 3. The van der Waals surface area contributed by atoms with Crippen molar-refractivity contribution in [2.45, 2.75) is 39.5 Å². The summed E-state index contributed by atoms with van der Waals surface area (Å²) in [7, 11) is 3.31. The van der Waals surface area contributed by atoms with Crippen molar-refractivity contribution in [3.8, 4) is 5.75 Å². The zero-order valence-electron chi connectivity index (χ0n) is 16.9. The summed E-state index contributed by atoms with van der Waals surface area (Å²) in [6, 6.07) is 6.10. The minimum Gasteiger partial charge on any atom is -0.425 e. The lowest BCUT2D eigenvalue weighted by molar-refractivity contribution is -0.136. The number of benzene rings is 1. The van der Waals surface area contributed by atoms with E-state index in [9.17, 15) is 4.79 Å². The SMILES string of the molecule is COCCN(CCOC)CC(=O)Oc1c(C(C)C)cccc1C(C)C.Cl. The molecule has 0 heterocycles. The summed E-state index contributed by atoms with van der Waals surface area (Å²) in [5.41, 5.74) is 2.14. The Morgan fingerprint density at radius 2 is 1.42 bits per heavy atom. The molecule has 0 unspecified atom stereocenters. The molecule has 0 aliphatic rings. The standard InChI is InChI=1S/C20H33NO4.ClH/c1-15(2)17-8-7-9-18(16(3)4)20(17)25-19(22)14-21(10-12-23-5)11-13-24-6;/h7-9,15-16H,10-14H2,1-6H3;1H. The van der Waals surface area contributed by atoms with Crippen LogP contribution in [0.15, 0.2) is 18.2 Å². The summed E-state index contributed by atoms with van der Waals surface area (Å²) in [4.78, 5) is 14.5. The molecule has 0 N–H and O–H groups in total. The number of carbonyl (C=O) groups is 1. The zero-order chi connectivity index (χ0) is 18.8. The van der Waals surface area contributed by atoms with Gasteiger partial charge in [-0.1, -0.05) is 45.9 Å². The first-order valence-electron chi connectivity index (χ1n) is 8.94. The van der Waals surface area contributed by atoms with Gasteiger partial charge in [-0.2, -0.15) is 0 Å². The second-order valence-electron chi connectivity index (χ2n) is 6.81. The predicted octanol–water partition coefficient (Wildman–Crippen LogP) is 3.86. The maximum Gasteiger partial charge on any atom is 0.325 e. The average Bonchev–Trinajstić information content (AvgIpc) is 2.56. The van der Waals surface area contributed by atoms with Crippen LogP contribution < -0.4 is 4.74 Å². The number of esters is 1. The Kier molecular flexibility index (Phi) is 12.5. The fourth-order valence-corrected chi connectivity index (χ4v) is 2.64. The Labute approximate surface area is 164 Å². The smallest absolute Gasteiger partial charge is 0.325 e. The molecule has 0 aromatic heterocycles. The first-order chi connectivity index (χ1) is 11.9. The summed E-state index contributed by atoms with van der Waals surface area (Å²) in [5.74, 6) is 1.05. The molecular weight excluding hydrogens is 354 g/mol. The van der Waals surface area contributed by atoms with Crippen molar-refractivity contribution in [2.24, 2.45) is 0 Å². The van der Waals surface area contributed by atoms with Crippen LogP contribution >= 0.6 is 12.4 Å². The topological polar surface area (TPSA) is 48.0 Å². The maximum atomic E-state index is 12.6. The summed E-state index contributed by atoms with van der Waals surface area (Å²) in [6.07, 6.45) is 0. The van der Waals surface area contributed by atoms with E-state index in [4.69, 9.17) is 14.2 Å². The number of methoxy groups -OCH3 is 2. The molecule has 1 rings (SSSR count). The molecular formula is C20H34ClNO4. The maximum absolute atomic E-state index is 12.6. The van der Waals surface area contributed by atoms with Gasteiger partial charge in [-0.05, 0) is 23.0 Å². The van der Waals surface area contributed by atoms with Gasteiger partial charge in [0.05, 0.1) is 19.8 Å². The lowest BCUT2D eigenvalue weighted by atomic mass is 9.94. The van der Waals surface area contributed by atoms with Crippen LogP contribution in [0.3, 0.4) is 0 Å². The Morgan fingerprint density at radius 1 is 0.962 bits per heavy atom. The van der Waals surface area contributed by atoms with E-state index < -0.39 is 0 Å². The van der Waals surface area contributed by atoms with Crippen molar-refractivity contribution in [2.75, 3.05) is 47.1 Å². The van der Waals surface area contributed by atoms with Gasteiger partial charge in [0, 0.05) is 27.3 Å². The highest BCUT2D eigenvalue weighted by Gasteiger charge is 2.19. The molecule has 6 heteroatoms. The fraction of sp³-hybridized carbons (Fsp3) is 0.650. The quantitative estimate of drug-likeness (QED) is 0.426. The number of hydrogen-bond donors (Lipinski definition) is 0. The van der Waals surface area contributed by atoms with Crippen molar-refractivity contribution in [1.29, 1.82) is 0 Å². The van der Waals surface area contributed by atoms with E-state index in [1.54, 1.807) is 14.2 Å². The van der Waals surface area contributed by atoms with E-state index in [-0.39, 0.29) is 24.9 Å². The number of rotatable bonds is 11. The van der Waals surface area contributed by atoms with E-state index in [1.807, 2.05) is 23.1 Å². The molecule has 1 aromatic rings. The van der Waals surface area contributed by atoms with Gasteiger partial charge in [0.25, 0.3) is 0 Å². The summed E-state index contributed by atoms with van der Waals surface area (Å²) >= 11 is 0. The highest BCUT2D eigenvalue weighted by Crippen LogP contribution is 2.34. The minimum absolute atomic E-state index is 0. The largest absolute Gasteiger partial charge is 0.425 e. The Bertz CT molecular complexity index is 500. The zero-order valence-corrected chi connectivity index (χ0v) is 17.7. The Hall–Kier alpha value is -1.14. The van der Waals surface area contributed by atoms with E-state index in [1.165, 1.54) is 0 Å². The number of halogens is 1. The molecule has 0 spiro atoms. The van der Waals surface area contributed by atoms with Gasteiger partial charge in [-0.15, -0.1) is 12.4 Å².